The molecule has 1 aliphatic rings. The summed E-state index contributed by atoms with van der Waals surface area (Å²) in [7, 11) is 0. The highest BCUT2D eigenvalue weighted by atomic mass is 35.5. The van der Waals surface area contributed by atoms with E-state index >= 15 is 0 Å². The number of aliphatic hydroxyl groups excluding tert-OH is 5. The maximum atomic E-state index is 10.7. The predicted octanol–water partition coefficient (Wildman–Crippen LogP) is -4.25. The normalized spacial score (nSPS) is 30.2. The number of nitrogens with one attached hydrogen (secondary N) is 3. The molecule has 15 heteroatoms. The summed E-state index contributed by atoms with van der Waals surface area (Å²) in [4.78, 5) is 21.4. The van der Waals surface area contributed by atoms with Gasteiger partial charge >= 0.3 is 11.9 Å². The molecule has 0 aromatic carbocycles. The van der Waals surface area contributed by atoms with E-state index in [9.17, 15) is 30.0 Å². The quantitative estimate of drug-likeness (QED) is 0.145. The van der Waals surface area contributed by atoms with Gasteiger partial charge in [-0.2, -0.15) is 0 Å². The number of hydrogen-bond acceptors (Lipinski definition) is 10. The molecule has 0 heterocycles. The molecule has 0 amide bonds. The van der Waals surface area contributed by atoms with Crippen LogP contribution in [0.1, 0.15) is 0 Å². The largest absolute Gasteiger partial charge is 0.480 e. The Morgan fingerprint density at radius 1 is 0.750 bits per heavy atom. The highest BCUT2D eigenvalue weighted by Crippen LogP contribution is 2.22. The van der Waals surface area contributed by atoms with Crippen molar-refractivity contribution in [2.45, 2.75) is 42.5 Å². The minimum absolute atomic E-state index is 0. The maximum absolute atomic E-state index is 10.7. The lowest BCUT2D eigenvalue weighted by Crippen LogP contribution is -2.74. The third-order valence-electron chi connectivity index (χ3n) is 3.99. The highest BCUT2D eigenvalue weighted by molar-refractivity contribution is 5.86. The van der Waals surface area contributed by atoms with Crippen molar-refractivity contribution in [3.05, 3.63) is 0 Å². The van der Waals surface area contributed by atoms with E-state index in [1.54, 1.807) is 0 Å². The predicted molar refractivity (Wildman–Crippen MR) is 104 cm³/mol. The molecule has 0 radical (unpaired) electrons. The molecule has 7 atom stereocenters. The minimum Gasteiger partial charge on any atom is -0.480 e. The van der Waals surface area contributed by atoms with Crippen LogP contribution in [0, 0.1) is 0 Å². The Kier molecular flexibility index (Phi) is 17.6. The Balaban J connectivity index is -0.00000208. The zero-order chi connectivity index (χ0) is 19.1. The van der Waals surface area contributed by atoms with Crippen molar-refractivity contribution in [3.8, 4) is 0 Å². The smallest absolute Gasteiger partial charge is 0.317 e. The molecule has 10 N–H and O–H groups in total. The Hall–Kier alpha value is -0.510. The third-order valence-corrected chi connectivity index (χ3v) is 3.99. The fourth-order valence-electron chi connectivity index (χ4n) is 2.75. The summed E-state index contributed by atoms with van der Waals surface area (Å²) in [5, 5.41) is 74.2. The summed E-state index contributed by atoms with van der Waals surface area (Å²) in [5.74, 6) is -2.47. The lowest BCUT2D eigenvalue weighted by molar-refractivity contribution is -0.138. The van der Waals surface area contributed by atoms with Crippen LogP contribution < -0.4 is 16.0 Å². The Morgan fingerprint density at radius 2 is 1.07 bits per heavy atom. The second-order valence-corrected chi connectivity index (χ2v) is 5.84. The van der Waals surface area contributed by atoms with Gasteiger partial charge in [0, 0.05) is 6.54 Å². The van der Waals surface area contributed by atoms with Crippen LogP contribution >= 0.6 is 37.2 Å². The van der Waals surface area contributed by atoms with Crippen molar-refractivity contribution < 1.29 is 45.3 Å². The number of rotatable bonds is 10. The molecule has 1 fully saturated rings. The fraction of sp³-hybridized carbons (Fsp3) is 0.846. The van der Waals surface area contributed by atoms with Crippen LogP contribution in [0.4, 0.5) is 0 Å². The maximum Gasteiger partial charge on any atom is 0.317 e. The van der Waals surface area contributed by atoms with Gasteiger partial charge in [-0.05, 0) is 0 Å². The standard InChI is InChI=1S/C13H25N3O9.3ClH/c17-4-5(18)1-14-8-11(23)9(15-2-6(19)20)13(25)10(12(8)24)16-3-7(21)22;;;/h5,8-18,23-25H,1-4H2,(H,19,20)(H,21,22);3*1H/t5?,8?,9-,10+,11-,12+,13?;;;. The molecule has 0 aliphatic heterocycles. The van der Waals surface area contributed by atoms with Gasteiger partial charge in [0.15, 0.2) is 0 Å². The SMILES string of the molecule is Cl.Cl.Cl.O=C(O)CN[C@@H]1C(O)[C@H](NCC(=O)O)[C@H](O)C(NCC(O)CO)[C@@H]1O. The van der Waals surface area contributed by atoms with Crippen LogP contribution in [0.3, 0.4) is 0 Å². The van der Waals surface area contributed by atoms with E-state index in [1.807, 2.05) is 0 Å². The van der Waals surface area contributed by atoms with Crippen molar-refractivity contribution >= 4 is 49.2 Å². The third kappa shape index (κ3) is 9.33. The van der Waals surface area contributed by atoms with E-state index in [-0.39, 0.29) is 43.8 Å². The second kappa shape index (κ2) is 15.3. The van der Waals surface area contributed by atoms with E-state index < -0.39 is 74.2 Å². The van der Waals surface area contributed by atoms with Gasteiger partial charge in [0.05, 0.1) is 62.2 Å². The Morgan fingerprint density at radius 3 is 1.36 bits per heavy atom. The Bertz CT molecular complexity index is 434. The number of aliphatic carboxylic acids is 2. The van der Waals surface area contributed by atoms with Gasteiger partial charge in [0.25, 0.3) is 0 Å². The average molecular weight is 477 g/mol. The highest BCUT2D eigenvalue weighted by Gasteiger charge is 2.49. The summed E-state index contributed by atoms with van der Waals surface area (Å²) in [6, 6.07) is -3.49. The molecule has 0 bridgehead atoms. The molecular formula is C13H28Cl3N3O9. The van der Waals surface area contributed by atoms with Gasteiger partial charge in [-0.3, -0.25) is 20.2 Å². The summed E-state index contributed by atoms with van der Waals surface area (Å²) < 4.78 is 0. The van der Waals surface area contributed by atoms with Gasteiger partial charge in [-0.25, -0.2) is 0 Å². The molecule has 28 heavy (non-hydrogen) atoms. The van der Waals surface area contributed by atoms with Crippen LogP contribution in [0.25, 0.3) is 0 Å². The number of halogens is 3. The van der Waals surface area contributed by atoms with Gasteiger partial charge in [-0.1, -0.05) is 0 Å². The van der Waals surface area contributed by atoms with Crippen molar-refractivity contribution in [1.29, 1.82) is 0 Å². The van der Waals surface area contributed by atoms with Crippen LogP contribution in [0.5, 0.6) is 0 Å². The van der Waals surface area contributed by atoms with Crippen LogP contribution in [0.2, 0.25) is 0 Å². The minimum atomic E-state index is -1.48. The summed E-state index contributed by atoms with van der Waals surface area (Å²) in [5.41, 5.74) is 0. The van der Waals surface area contributed by atoms with E-state index in [0.717, 1.165) is 0 Å². The first-order valence-electron chi connectivity index (χ1n) is 7.65. The van der Waals surface area contributed by atoms with Gasteiger partial charge < -0.3 is 41.1 Å². The number of hydrogen-bond donors (Lipinski definition) is 10. The zero-order valence-electron chi connectivity index (χ0n) is 14.5. The van der Waals surface area contributed by atoms with Crippen molar-refractivity contribution in [2.24, 2.45) is 0 Å². The molecule has 0 spiro atoms. The number of carbonyl (C=O) groups is 2. The molecular weight excluding hydrogens is 449 g/mol. The molecule has 1 saturated carbocycles. The van der Waals surface area contributed by atoms with E-state index in [4.69, 9.17) is 15.3 Å². The first-order valence-corrected chi connectivity index (χ1v) is 7.65. The summed E-state index contributed by atoms with van der Waals surface area (Å²) >= 11 is 0. The van der Waals surface area contributed by atoms with E-state index in [1.165, 1.54) is 0 Å². The molecule has 1 rings (SSSR count). The lowest BCUT2D eigenvalue weighted by atomic mass is 9.79. The van der Waals surface area contributed by atoms with E-state index in [2.05, 4.69) is 16.0 Å². The van der Waals surface area contributed by atoms with Crippen LogP contribution in [0.15, 0.2) is 0 Å². The lowest BCUT2D eigenvalue weighted by Gasteiger charge is -2.46. The van der Waals surface area contributed by atoms with Crippen molar-refractivity contribution in [3.63, 3.8) is 0 Å². The first-order chi connectivity index (χ1) is 11.7. The summed E-state index contributed by atoms with van der Waals surface area (Å²) in [6.45, 7) is -1.91. The number of carboxylic acid groups (broad SMARTS) is 2. The second-order valence-electron chi connectivity index (χ2n) is 5.84. The molecule has 170 valence electrons. The van der Waals surface area contributed by atoms with Crippen molar-refractivity contribution in [1.82, 2.24) is 16.0 Å². The first kappa shape index (κ1) is 32.2. The number of carboxylic acids is 2. The molecule has 12 nitrogen and oxygen atoms in total. The van der Waals surface area contributed by atoms with Crippen molar-refractivity contribution in [2.75, 3.05) is 26.2 Å². The molecule has 0 aromatic rings. The summed E-state index contributed by atoms with van der Waals surface area (Å²) in [6.07, 6.45) is -5.54. The molecule has 0 saturated heterocycles. The van der Waals surface area contributed by atoms with Gasteiger partial charge in [0.1, 0.15) is 0 Å². The van der Waals surface area contributed by atoms with E-state index in [0.29, 0.717) is 0 Å². The topological polar surface area (TPSA) is 212 Å². The van der Waals surface area contributed by atoms with Gasteiger partial charge in [0.2, 0.25) is 0 Å². The monoisotopic (exact) mass is 475 g/mol. The van der Waals surface area contributed by atoms with Gasteiger partial charge in [-0.15, -0.1) is 37.2 Å². The van der Waals surface area contributed by atoms with Crippen LogP contribution in [-0.4, -0.2) is 116 Å². The fourth-order valence-corrected chi connectivity index (χ4v) is 2.75. The molecule has 3 unspecified atom stereocenters. The Labute approximate surface area is 179 Å². The molecule has 1 aliphatic carbocycles. The average Bonchev–Trinajstić information content (AvgIpc) is 2.53. The zero-order valence-corrected chi connectivity index (χ0v) is 17.0. The molecule has 0 aromatic heterocycles. The van der Waals surface area contributed by atoms with Crippen LogP contribution in [-0.2, 0) is 9.59 Å². The number of aliphatic hydroxyl groups is 5.